The molecule has 257 valence electrons. The summed E-state index contributed by atoms with van der Waals surface area (Å²) in [5.41, 5.74) is 15.7. The van der Waals surface area contributed by atoms with Gasteiger partial charge in [0, 0.05) is 0 Å². The molecule has 3 heteroatoms. The first-order valence-corrected chi connectivity index (χ1v) is 29.6. The molecule has 2 aliphatic rings. The Morgan fingerprint density at radius 3 is 1.29 bits per heavy atom. The standard InChI is InChI=1S/2C23H21.C2H5.2ClH.Zr/c2*1-15(2)20-13-22-16(3)8-11-21(23(22)14-20)19-10-9-17-6-4-5-7-18(17)12-19;1-2;;;/h2*4-15H,1-3H3;1H2,2H3;2*1H;/q;;;;;+2/p-2. The molecule has 2 unspecified atom stereocenters. The van der Waals surface area contributed by atoms with Crippen LogP contribution in [0.1, 0.15) is 75.3 Å². The van der Waals surface area contributed by atoms with Crippen LogP contribution in [0.5, 0.6) is 0 Å². The summed E-state index contributed by atoms with van der Waals surface area (Å²) in [6.45, 7) is 16.2. The van der Waals surface area contributed by atoms with E-state index in [0.717, 1.165) is 4.13 Å². The van der Waals surface area contributed by atoms with Crippen LogP contribution < -0.4 is 0 Å². The fraction of sp³-hybridized carbons (Fsp3) is 0.250. The Bertz CT molecular complexity index is 2280. The Kier molecular flexibility index (Phi) is 8.69. The topological polar surface area (TPSA) is 0 Å². The van der Waals surface area contributed by atoms with Gasteiger partial charge in [-0.3, -0.25) is 0 Å². The Morgan fingerprint density at radius 2 is 0.922 bits per heavy atom. The summed E-state index contributed by atoms with van der Waals surface area (Å²) in [6.07, 6.45) is 4.98. The maximum atomic E-state index is 8.72. The molecule has 6 aromatic carbocycles. The van der Waals surface area contributed by atoms with Gasteiger partial charge in [0.2, 0.25) is 0 Å². The number of rotatable bonds is 7. The average Bonchev–Trinajstić information content (AvgIpc) is 3.76. The molecule has 2 aliphatic carbocycles. The van der Waals surface area contributed by atoms with Crippen molar-refractivity contribution in [2.45, 2.75) is 59.8 Å². The predicted molar refractivity (Wildman–Crippen MR) is 222 cm³/mol. The molecule has 0 spiro atoms. The average molecular weight is 786 g/mol. The molecule has 0 amide bonds. The number of aryl methyl sites for hydroxylation is 2. The first-order valence-electron chi connectivity index (χ1n) is 18.7. The molecule has 0 aromatic heterocycles. The number of benzene rings is 6. The summed E-state index contributed by atoms with van der Waals surface area (Å²) >= 11 is -5.02. The van der Waals surface area contributed by atoms with Crippen LogP contribution in [0, 0.1) is 25.7 Å². The van der Waals surface area contributed by atoms with E-state index in [0.29, 0.717) is 11.8 Å². The van der Waals surface area contributed by atoms with Crippen molar-refractivity contribution in [3.8, 4) is 22.3 Å². The van der Waals surface area contributed by atoms with Crippen LogP contribution in [0.15, 0.2) is 120 Å². The molecule has 2 atom stereocenters. The fourth-order valence-electron chi connectivity index (χ4n) is 9.46. The molecule has 0 nitrogen and oxygen atoms in total. The van der Waals surface area contributed by atoms with Gasteiger partial charge in [-0.05, 0) is 0 Å². The van der Waals surface area contributed by atoms with E-state index >= 15 is 0 Å². The molecular weight excluding hydrogens is 739 g/mol. The molecular formula is C48H47Cl2Zr. The molecule has 8 rings (SSSR count). The monoisotopic (exact) mass is 783 g/mol. The van der Waals surface area contributed by atoms with Gasteiger partial charge in [-0.1, -0.05) is 0 Å². The summed E-state index contributed by atoms with van der Waals surface area (Å²) in [7, 11) is 17.4. The first kappa shape index (κ1) is 34.8. The van der Waals surface area contributed by atoms with Gasteiger partial charge in [0.1, 0.15) is 0 Å². The Balaban J connectivity index is 1.36. The van der Waals surface area contributed by atoms with Crippen LogP contribution >= 0.6 is 17.0 Å². The van der Waals surface area contributed by atoms with Crippen LogP contribution in [0.4, 0.5) is 0 Å². The van der Waals surface area contributed by atoms with Gasteiger partial charge in [-0.15, -0.1) is 0 Å². The molecule has 0 heterocycles. The van der Waals surface area contributed by atoms with E-state index in [1.165, 1.54) is 88.3 Å². The van der Waals surface area contributed by atoms with Gasteiger partial charge in [-0.25, -0.2) is 0 Å². The summed E-state index contributed by atoms with van der Waals surface area (Å²) in [5, 5.41) is 5.03. The van der Waals surface area contributed by atoms with Gasteiger partial charge < -0.3 is 0 Å². The third kappa shape index (κ3) is 5.49. The maximum absolute atomic E-state index is 8.72. The third-order valence-corrected chi connectivity index (χ3v) is 32.7. The normalized spacial score (nSPS) is 17.8. The molecule has 0 radical (unpaired) electrons. The van der Waals surface area contributed by atoms with Crippen molar-refractivity contribution in [3.05, 3.63) is 154 Å². The van der Waals surface area contributed by atoms with Crippen molar-refractivity contribution >= 4 is 50.7 Å². The molecule has 51 heavy (non-hydrogen) atoms. The van der Waals surface area contributed by atoms with Crippen LogP contribution in [-0.2, 0) is 16.4 Å². The van der Waals surface area contributed by atoms with Gasteiger partial charge in [0.25, 0.3) is 0 Å². The predicted octanol–water partition coefficient (Wildman–Crippen LogP) is 15.3. The van der Waals surface area contributed by atoms with Crippen molar-refractivity contribution in [1.29, 1.82) is 0 Å². The van der Waals surface area contributed by atoms with Crippen molar-refractivity contribution in [2.24, 2.45) is 11.8 Å². The number of halogens is 2. The Hall–Kier alpha value is -3.22. The minimum atomic E-state index is -5.02. The second-order valence-corrected chi connectivity index (χ2v) is 38.7. The van der Waals surface area contributed by atoms with Gasteiger partial charge in [-0.2, -0.15) is 0 Å². The van der Waals surface area contributed by atoms with Gasteiger partial charge in [0.05, 0.1) is 0 Å². The third-order valence-electron chi connectivity index (χ3n) is 12.2. The Labute approximate surface area is 312 Å². The van der Waals surface area contributed by atoms with Crippen molar-refractivity contribution in [3.63, 3.8) is 0 Å². The zero-order valence-electron chi connectivity index (χ0n) is 30.8. The number of allylic oxidation sites excluding steroid dienone is 2. The summed E-state index contributed by atoms with van der Waals surface area (Å²) in [5.74, 6) is 0.612. The summed E-state index contributed by atoms with van der Waals surface area (Å²) < 4.78 is 0.820. The van der Waals surface area contributed by atoms with Crippen LogP contribution in [0.2, 0.25) is 4.13 Å². The number of hydrogen-bond donors (Lipinski definition) is 0. The second-order valence-electron chi connectivity index (χ2n) is 15.8. The quantitative estimate of drug-likeness (QED) is 0.151. The number of hydrogen-bond acceptors (Lipinski definition) is 0. The summed E-state index contributed by atoms with van der Waals surface area (Å²) in [4.78, 5) is 0. The van der Waals surface area contributed by atoms with Crippen molar-refractivity contribution in [2.75, 3.05) is 0 Å². The van der Waals surface area contributed by atoms with Gasteiger partial charge in [0.15, 0.2) is 0 Å². The van der Waals surface area contributed by atoms with Crippen molar-refractivity contribution in [1.82, 2.24) is 0 Å². The zero-order chi connectivity index (χ0) is 35.8. The van der Waals surface area contributed by atoms with E-state index in [-0.39, 0.29) is 7.25 Å². The van der Waals surface area contributed by atoms with E-state index in [9.17, 15) is 0 Å². The molecule has 6 aromatic rings. The van der Waals surface area contributed by atoms with Gasteiger partial charge >= 0.3 is 315 Å². The van der Waals surface area contributed by atoms with E-state index in [4.69, 9.17) is 17.0 Å². The van der Waals surface area contributed by atoms with E-state index in [2.05, 4.69) is 170 Å². The first-order chi connectivity index (χ1) is 24.4. The van der Waals surface area contributed by atoms with E-state index in [1.807, 2.05) is 0 Å². The molecule has 0 aliphatic heterocycles. The fourth-order valence-corrected chi connectivity index (χ4v) is 28.0. The molecule has 0 saturated heterocycles. The Morgan fingerprint density at radius 1 is 0.529 bits per heavy atom. The van der Waals surface area contributed by atoms with Crippen LogP contribution in [-0.4, -0.2) is 0 Å². The number of fused-ring (bicyclic) bond motifs is 4. The van der Waals surface area contributed by atoms with E-state index in [1.54, 1.807) is 0 Å². The SMILES string of the molecule is C[CH2][Zr]([Cl])([Cl])([CH]1C(C(C)C)=Cc2c(-c3ccc4ccccc4c3)ccc(C)c21)[CH]1C(C(C)C)=Cc2c(-c3ccc4ccccc4c3)ccc(C)c21. The molecule has 0 fully saturated rings. The molecule has 0 saturated carbocycles. The van der Waals surface area contributed by atoms with Crippen molar-refractivity contribution < 1.29 is 16.4 Å². The molecule has 0 N–H and O–H groups in total. The van der Waals surface area contributed by atoms with Crippen LogP contribution in [0.3, 0.4) is 0 Å². The molecule has 0 bridgehead atoms. The second kappa shape index (κ2) is 12.7. The zero-order valence-corrected chi connectivity index (χ0v) is 34.8. The van der Waals surface area contributed by atoms with Crippen LogP contribution in [0.25, 0.3) is 56.0 Å². The summed E-state index contributed by atoms with van der Waals surface area (Å²) in [6, 6.07) is 40.3. The van der Waals surface area contributed by atoms with E-state index < -0.39 is 16.4 Å². The minimum absolute atomic E-state index is 0.0111.